The molecule has 3 heterocycles. The predicted molar refractivity (Wildman–Crippen MR) is 153 cm³/mol. The molecule has 39 heavy (non-hydrogen) atoms. The summed E-state index contributed by atoms with van der Waals surface area (Å²) in [5.41, 5.74) is 4.00. The van der Waals surface area contributed by atoms with E-state index in [1.54, 1.807) is 24.3 Å². The molecule has 3 aromatic rings. The first kappa shape index (κ1) is 28.0. The molecular weight excluding hydrogens is 493 g/mol. The van der Waals surface area contributed by atoms with Gasteiger partial charge in [0.2, 0.25) is 0 Å². The number of nitrogens with zero attached hydrogens (tertiary/aromatic N) is 4. The van der Waals surface area contributed by atoms with Crippen molar-refractivity contribution in [2.75, 3.05) is 51.3 Å². The number of amidine groups is 1. The molecule has 0 saturated carbocycles. The Morgan fingerprint density at radius 3 is 2.74 bits per heavy atom. The SMILES string of the molecule is CC#N.N=C(/C=C\c1ncc(-c2ccc(NCCN3CCOCC3)cc2)[nH]1)N1CCCC1c1cccc(F)c1. The van der Waals surface area contributed by atoms with Crippen LogP contribution in [0.4, 0.5) is 10.1 Å². The number of H-pyrrole nitrogens is 1. The molecule has 0 bridgehead atoms. The highest BCUT2D eigenvalue weighted by molar-refractivity contribution is 5.94. The molecule has 0 amide bonds. The number of anilines is 1. The topological polar surface area (TPSA) is 104 Å². The normalized spacial score (nSPS) is 17.5. The van der Waals surface area contributed by atoms with Crippen molar-refractivity contribution >= 4 is 17.6 Å². The fraction of sp³-hybridized carbons (Fsp3) is 0.367. The van der Waals surface area contributed by atoms with Gasteiger partial charge in [0, 0.05) is 45.3 Å². The molecule has 2 fully saturated rings. The Hall–Kier alpha value is -4.00. The highest BCUT2D eigenvalue weighted by atomic mass is 19.1. The van der Waals surface area contributed by atoms with E-state index < -0.39 is 0 Å². The van der Waals surface area contributed by atoms with Crippen LogP contribution < -0.4 is 5.32 Å². The lowest BCUT2D eigenvalue weighted by atomic mass is 10.0. The second kappa shape index (κ2) is 14.2. The van der Waals surface area contributed by atoms with Crippen molar-refractivity contribution in [1.29, 1.82) is 10.7 Å². The summed E-state index contributed by atoms with van der Waals surface area (Å²) in [7, 11) is 0. The van der Waals surface area contributed by atoms with E-state index in [2.05, 4.69) is 44.5 Å². The molecule has 5 rings (SSSR count). The van der Waals surface area contributed by atoms with Crippen LogP contribution in [-0.4, -0.2) is 71.5 Å². The molecule has 2 aromatic carbocycles. The molecule has 1 atom stereocenters. The van der Waals surface area contributed by atoms with E-state index in [9.17, 15) is 4.39 Å². The Morgan fingerprint density at radius 1 is 1.23 bits per heavy atom. The number of aromatic amines is 1. The fourth-order valence-electron chi connectivity index (χ4n) is 4.89. The number of benzene rings is 2. The first-order valence-corrected chi connectivity index (χ1v) is 13.4. The van der Waals surface area contributed by atoms with Gasteiger partial charge in [-0.1, -0.05) is 24.3 Å². The maximum absolute atomic E-state index is 13.7. The molecule has 1 unspecified atom stereocenters. The molecule has 9 heteroatoms. The number of likely N-dealkylation sites (tertiary alicyclic amines) is 1. The molecule has 2 saturated heterocycles. The summed E-state index contributed by atoms with van der Waals surface area (Å²) in [6, 6.07) is 16.8. The molecule has 0 aliphatic carbocycles. The lowest BCUT2D eigenvalue weighted by Crippen LogP contribution is -2.38. The van der Waals surface area contributed by atoms with Crippen LogP contribution in [0.25, 0.3) is 17.3 Å². The third-order valence-corrected chi connectivity index (χ3v) is 6.85. The molecule has 0 radical (unpaired) electrons. The van der Waals surface area contributed by atoms with Crippen LogP contribution >= 0.6 is 0 Å². The number of imidazole rings is 1. The van der Waals surface area contributed by atoms with Gasteiger partial charge in [0.15, 0.2) is 0 Å². The molecule has 3 N–H and O–H groups in total. The van der Waals surface area contributed by atoms with Gasteiger partial charge in [-0.25, -0.2) is 9.37 Å². The van der Waals surface area contributed by atoms with Gasteiger partial charge >= 0.3 is 0 Å². The van der Waals surface area contributed by atoms with Gasteiger partial charge < -0.3 is 19.9 Å². The molecular formula is C30H36FN7O. The molecule has 8 nitrogen and oxygen atoms in total. The maximum Gasteiger partial charge on any atom is 0.130 e. The number of halogens is 1. The van der Waals surface area contributed by atoms with Gasteiger partial charge in [0.1, 0.15) is 17.5 Å². The monoisotopic (exact) mass is 529 g/mol. The highest BCUT2D eigenvalue weighted by Crippen LogP contribution is 2.32. The smallest absolute Gasteiger partial charge is 0.130 e. The second-order valence-electron chi connectivity index (χ2n) is 9.49. The van der Waals surface area contributed by atoms with Gasteiger partial charge in [0.05, 0.1) is 37.2 Å². The molecule has 1 aromatic heterocycles. The number of rotatable bonds is 8. The van der Waals surface area contributed by atoms with Crippen LogP contribution in [0.15, 0.2) is 60.8 Å². The van der Waals surface area contributed by atoms with E-state index in [4.69, 9.17) is 15.4 Å². The average molecular weight is 530 g/mol. The van der Waals surface area contributed by atoms with Crippen LogP contribution in [0.3, 0.4) is 0 Å². The van der Waals surface area contributed by atoms with Crippen LogP contribution in [0.1, 0.15) is 37.2 Å². The summed E-state index contributed by atoms with van der Waals surface area (Å²) in [6.45, 7) is 7.79. The van der Waals surface area contributed by atoms with Gasteiger partial charge in [-0.05, 0) is 60.4 Å². The predicted octanol–water partition coefficient (Wildman–Crippen LogP) is 5.32. The lowest BCUT2D eigenvalue weighted by molar-refractivity contribution is 0.0398. The van der Waals surface area contributed by atoms with Crippen LogP contribution in [0, 0.1) is 22.6 Å². The zero-order valence-electron chi connectivity index (χ0n) is 22.4. The minimum absolute atomic E-state index is 0.0333. The molecule has 2 aliphatic heterocycles. The molecule has 0 spiro atoms. The zero-order chi connectivity index (χ0) is 27.5. The van der Waals surface area contributed by atoms with Crippen LogP contribution in [0.5, 0.6) is 0 Å². The number of morpholine rings is 1. The highest BCUT2D eigenvalue weighted by Gasteiger charge is 2.27. The Labute approximate surface area is 229 Å². The van der Waals surface area contributed by atoms with Gasteiger partial charge in [-0.3, -0.25) is 10.3 Å². The van der Waals surface area contributed by atoms with Crippen molar-refractivity contribution in [3.63, 3.8) is 0 Å². The fourth-order valence-corrected chi connectivity index (χ4v) is 4.89. The summed E-state index contributed by atoms with van der Waals surface area (Å²) >= 11 is 0. The number of nitriles is 1. The van der Waals surface area contributed by atoms with E-state index in [0.29, 0.717) is 11.7 Å². The van der Waals surface area contributed by atoms with Gasteiger partial charge in [0.25, 0.3) is 0 Å². The van der Waals surface area contributed by atoms with Gasteiger partial charge in [-0.2, -0.15) is 5.26 Å². The quantitative estimate of drug-likeness (QED) is 0.270. The van der Waals surface area contributed by atoms with Crippen molar-refractivity contribution < 1.29 is 9.13 Å². The number of nitrogens with one attached hydrogen (secondary N) is 3. The van der Waals surface area contributed by atoms with E-state index >= 15 is 0 Å². The first-order valence-electron chi connectivity index (χ1n) is 13.4. The van der Waals surface area contributed by atoms with Crippen LogP contribution in [-0.2, 0) is 4.74 Å². The Morgan fingerprint density at radius 2 is 2.00 bits per heavy atom. The summed E-state index contributed by atoms with van der Waals surface area (Å²) < 4.78 is 19.1. The van der Waals surface area contributed by atoms with E-state index in [0.717, 1.165) is 81.3 Å². The van der Waals surface area contributed by atoms with E-state index in [-0.39, 0.29) is 11.9 Å². The summed E-state index contributed by atoms with van der Waals surface area (Å²) in [4.78, 5) is 12.2. The Kier molecular flexibility index (Phi) is 10.2. The number of hydrogen-bond acceptors (Lipinski definition) is 6. The maximum atomic E-state index is 13.7. The third-order valence-electron chi connectivity index (χ3n) is 6.85. The van der Waals surface area contributed by atoms with Crippen molar-refractivity contribution in [3.05, 3.63) is 78.0 Å². The zero-order valence-corrected chi connectivity index (χ0v) is 22.4. The summed E-state index contributed by atoms with van der Waals surface area (Å²) in [5.74, 6) is 0.873. The van der Waals surface area contributed by atoms with Crippen molar-refractivity contribution in [3.8, 4) is 17.3 Å². The molecule has 204 valence electrons. The number of aromatic nitrogens is 2. The van der Waals surface area contributed by atoms with E-state index in [1.807, 2.05) is 23.2 Å². The minimum atomic E-state index is -0.235. The third kappa shape index (κ3) is 7.99. The standard InChI is InChI=1S/C28H33FN6O.C2H3N/c29-23-4-1-3-22(19-23)26-5-2-13-35(26)27(30)10-11-28-32-20-25(33-28)21-6-8-24(9-7-21)31-12-14-34-15-17-36-18-16-34;1-2-3/h1,3-4,6-11,19-20,26,30-31H,2,5,12-18H2,(H,32,33);1H3/b11-10-,30-27?;. The van der Waals surface area contributed by atoms with Crippen molar-refractivity contribution in [2.24, 2.45) is 0 Å². The Balaban J connectivity index is 0.00000112. The summed E-state index contributed by atoms with van der Waals surface area (Å²) in [5, 5.41) is 19.4. The summed E-state index contributed by atoms with van der Waals surface area (Å²) in [6.07, 6.45) is 7.31. The lowest BCUT2D eigenvalue weighted by Gasteiger charge is -2.26. The van der Waals surface area contributed by atoms with E-state index in [1.165, 1.54) is 13.0 Å². The Bertz CT molecular complexity index is 1270. The number of ether oxygens (including phenoxy) is 1. The van der Waals surface area contributed by atoms with Gasteiger partial charge in [-0.15, -0.1) is 0 Å². The van der Waals surface area contributed by atoms with Crippen LogP contribution in [0.2, 0.25) is 0 Å². The number of hydrogen-bond donors (Lipinski definition) is 3. The molecule has 2 aliphatic rings. The second-order valence-corrected chi connectivity index (χ2v) is 9.49. The average Bonchev–Trinajstić information content (AvgIpc) is 3.64. The largest absolute Gasteiger partial charge is 0.384 e. The van der Waals surface area contributed by atoms with Crippen molar-refractivity contribution in [2.45, 2.75) is 25.8 Å². The first-order chi connectivity index (χ1) is 19.1. The minimum Gasteiger partial charge on any atom is -0.384 e. The van der Waals surface area contributed by atoms with Crippen molar-refractivity contribution in [1.82, 2.24) is 19.8 Å².